The Morgan fingerprint density at radius 1 is 1.38 bits per heavy atom. The summed E-state index contributed by atoms with van der Waals surface area (Å²) < 4.78 is 5.05. The van der Waals surface area contributed by atoms with Crippen LogP contribution in [0.5, 0.6) is 0 Å². The molecule has 1 aromatic carbocycles. The summed E-state index contributed by atoms with van der Waals surface area (Å²) in [5, 5.41) is 32.0. The molecule has 3 N–H and O–H groups in total. The van der Waals surface area contributed by atoms with E-state index in [1.807, 2.05) is 0 Å². The van der Waals surface area contributed by atoms with Crippen molar-refractivity contribution >= 4 is 47.2 Å². The number of hydrogen-bond acceptors (Lipinski definition) is 9. The topological polar surface area (TPSA) is 159 Å². The van der Waals surface area contributed by atoms with E-state index in [0.717, 1.165) is 0 Å². The number of benzene rings is 1. The van der Waals surface area contributed by atoms with Crippen LogP contribution in [0.15, 0.2) is 34.9 Å². The van der Waals surface area contributed by atoms with Crippen LogP contribution in [0.1, 0.15) is 12.5 Å². The molecule has 1 fully saturated rings. The molecule has 0 aromatic heterocycles. The van der Waals surface area contributed by atoms with Gasteiger partial charge in [-0.2, -0.15) is 11.8 Å². The van der Waals surface area contributed by atoms with Crippen molar-refractivity contribution in [1.82, 2.24) is 10.2 Å². The van der Waals surface area contributed by atoms with Crippen LogP contribution in [0.3, 0.4) is 0 Å². The van der Waals surface area contributed by atoms with Crippen LogP contribution in [-0.4, -0.2) is 67.5 Å². The molecule has 2 heterocycles. The molecule has 172 valence electrons. The number of aliphatic carboxylic acids is 1. The number of ether oxygens (including phenoxy) is 1. The Balaban J connectivity index is 1.39. The summed E-state index contributed by atoms with van der Waals surface area (Å²) in [6.45, 7) is 1.77. The maximum absolute atomic E-state index is 12.2. The summed E-state index contributed by atoms with van der Waals surface area (Å²) in [6, 6.07) is 5.66. The number of hydrogen-bond donors (Lipinski definition) is 3. The minimum absolute atomic E-state index is 0.0296. The number of thioether (sulfide) groups is 2. The van der Waals surface area contributed by atoms with Gasteiger partial charge < -0.3 is 20.3 Å². The molecule has 3 rings (SSSR count). The number of β-lactam (4-membered cyclic amide) rings is 1. The van der Waals surface area contributed by atoms with Gasteiger partial charge in [0.15, 0.2) is 0 Å². The molecule has 2 aliphatic rings. The number of rotatable bonds is 10. The lowest BCUT2D eigenvalue weighted by atomic mass is 9.92. The van der Waals surface area contributed by atoms with E-state index in [2.05, 4.69) is 5.32 Å². The Morgan fingerprint density at radius 2 is 2.06 bits per heavy atom. The Bertz CT molecular complexity index is 950. The first-order chi connectivity index (χ1) is 15.2. The van der Waals surface area contributed by atoms with Crippen LogP contribution >= 0.6 is 23.5 Å². The van der Waals surface area contributed by atoms with E-state index >= 15 is 0 Å². The number of aliphatic hydroxyl groups is 1. The monoisotopic (exact) mass is 483 g/mol. The molecule has 13 heteroatoms. The molecule has 11 nitrogen and oxygen atoms in total. The van der Waals surface area contributed by atoms with E-state index in [4.69, 9.17) is 4.74 Å². The van der Waals surface area contributed by atoms with Crippen molar-refractivity contribution in [2.75, 3.05) is 18.1 Å². The fourth-order valence-electron chi connectivity index (χ4n) is 3.26. The smallest absolute Gasteiger partial charge is 0.407 e. The zero-order chi connectivity index (χ0) is 23.4. The highest BCUT2D eigenvalue weighted by Gasteiger charge is 2.57. The maximum Gasteiger partial charge on any atom is 0.407 e. The highest BCUT2D eigenvalue weighted by Crippen LogP contribution is 2.50. The fraction of sp³-hybridized carbons (Fsp3) is 0.421. The molecule has 2 amide bonds. The van der Waals surface area contributed by atoms with Gasteiger partial charge in [-0.3, -0.25) is 19.8 Å². The number of fused-ring (bicyclic) bond motifs is 1. The Labute approximate surface area is 191 Å². The van der Waals surface area contributed by atoms with E-state index in [0.29, 0.717) is 22.0 Å². The number of non-ortho nitro benzene ring substituents is 1. The van der Waals surface area contributed by atoms with Gasteiger partial charge in [0.2, 0.25) is 5.91 Å². The van der Waals surface area contributed by atoms with Gasteiger partial charge in [0.05, 0.1) is 16.9 Å². The van der Waals surface area contributed by atoms with E-state index in [-0.39, 0.29) is 30.4 Å². The van der Waals surface area contributed by atoms with Crippen LogP contribution < -0.4 is 5.32 Å². The van der Waals surface area contributed by atoms with Crippen molar-refractivity contribution in [1.29, 1.82) is 0 Å². The number of alkyl carbamates (subject to hydrolysis) is 1. The summed E-state index contributed by atoms with van der Waals surface area (Å²) in [6.07, 6.45) is -1.49. The Morgan fingerprint density at radius 3 is 2.66 bits per heavy atom. The molecule has 0 unspecified atom stereocenters. The van der Waals surface area contributed by atoms with Gasteiger partial charge in [-0.25, -0.2) is 9.59 Å². The number of carbonyl (C=O) groups is 3. The standard InChI is InChI=1S/C19H21N3O8S2/c1-10(23)14-16(24)21-15(18(25)26)13(32-17(14)21)9-31-7-6-20-19(27)30-8-11-2-4-12(5-3-11)22(28)29/h2-5,10,14,17,23H,6-9H2,1H3,(H,20,27)(H,25,26)/t10-,14+,17-/m1/s1. The van der Waals surface area contributed by atoms with E-state index in [9.17, 15) is 34.7 Å². The van der Waals surface area contributed by atoms with Crippen LogP contribution in [0, 0.1) is 16.0 Å². The normalized spacial score (nSPS) is 20.4. The number of aliphatic hydroxyl groups excluding tert-OH is 1. The third-order valence-corrected chi connectivity index (χ3v) is 7.38. The van der Waals surface area contributed by atoms with Crippen molar-refractivity contribution in [2.45, 2.75) is 25.0 Å². The molecule has 2 aliphatic heterocycles. The average molecular weight is 484 g/mol. The number of nitro groups is 1. The molecule has 1 saturated heterocycles. The molecular weight excluding hydrogens is 462 g/mol. The first-order valence-electron chi connectivity index (χ1n) is 9.56. The Hall–Kier alpha value is -2.77. The van der Waals surface area contributed by atoms with Gasteiger partial charge in [0, 0.05) is 35.1 Å². The molecule has 0 bridgehead atoms. The second-order valence-electron chi connectivity index (χ2n) is 7.04. The van der Waals surface area contributed by atoms with Gasteiger partial charge in [-0.05, 0) is 24.6 Å². The lowest BCUT2D eigenvalue weighted by Crippen LogP contribution is -2.60. The van der Waals surface area contributed by atoms with E-state index in [1.54, 1.807) is 0 Å². The van der Waals surface area contributed by atoms with Crippen molar-refractivity contribution in [3.05, 3.63) is 50.5 Å². The molecule has 32 heavy (non-hydrogen) atoms. The zero-order valence-electron chi connectivity index (χ0n) is 16.9. The lowest BCUT2D eigenvalue weighted by molar-refractivity contribution is -0.384. The van der Waals surface area contributed by atoms with Crippen LogP contribution in [-0.2, 0) is 20.9 Å². The van der Waals surface area contributed by atoms with Crippen LogP contribution in [0.25, 0.3) is 0 Å². The predicted octanol–water partition coefficient (Wildman–Crippen LogP) is 1.76. The van der Waals surface area contributed by atoms with Gasteiger partial charge >= 0.3 is 12.1 Å². The van der Waals surface area contributed by atoms with Crippen molar-refractivity contribution in [3.63, 3.8) is 0 Å². The molecule has 0 spiro atoms. The fourth-order valence-corrected chi connectivity index (χ4v) is 5.89. The van der Waals surface area contributed by atoms with Gasteiger partial charge in [-0.15, -0.1) is 11.8 Å². The molecule has 3 atom stereocenters. The number of carbonyl (C=O) groups excluding carboxylic acids is 2. The SMILES string of the molecule is C[C@@H](O)[C@H]1C(=O)N2C(C(=O)O)=C(CSCCNC(=O)OCc3ccc([N+](=O)[O-])cc3)S[C@H]12. The highest BCUT2D eigenvalue weighted by atomic mass is 32.2. The summed E-state index contributed by atoms with van der Waals surface area (Å²) >= 11 is 2.68. The molecule has 0 radical (unpaired) electrons. The average Bonchev–Trinajstić information content (AvgIpc) is 3.06. The second-order valence-corrected chi connectivity index (χ2v) is 9.36. The number of amides is 2. The zero-order valence-corrected chi connectivity index (χ0v) is 18.6. The number of carboxylic acids is 1. The lowest BCUT2D eigenvalue weighted by Gasteiger charge is -2.43. The quantitative estimate of drug-likeness (QED) is 0.194. The van der Waals surface area contributed by atoms with Gasteiger partial charge in [0.1, 0.15) is 17.7 Å². The number of nitro benzene ring substituents is 1. The number of nitrogens with one attached hydrogen (secondary N) is 1. The third kappa shape index (κ3) is 5.16. The summed E-state index contributed by atoms with van der Waals surface area (Å²) in [4.78, 5) is 47.4. The summed E-state index contributed by atoms with van der Waals surface area (Å²) in [7, 11) is 0. The maximum atomic E-state index is 12.2. The van der Waals surface area contributed by atoms with Crippen LogP contribution in [0.2, 0.25) is 0 Å². The molecule has 1 aromatic rings. The van der Waals surface area contributed by atoms with E-state index < -0.39 is 34.4 Å². The first-order valence-corrected chi connectivity index (χ1v) is 11.6. The molecule has 0 saturated carbocycles. The molecular formula is C19H21N3O8S2. The highest BCUT2D eigenvalue weighted by molar-refractivity contribution is 8.06. The van der Waals surface area contributed by atoms with E-state index in [1.165, 1.54) is 59.6 Å². The predicted molar refractivity (Wildman–Crippen MR) is 117 cm³/mol. The largest absolute Gasteiger partial charge is 0.477 e. The minimum Gasteiger partial charge on any atom is -0.477 e. The van der Waals surface area contributed by atoms with Gasteiger partial charge in [-0.1, -0.05) is 0 Å². The summed E-state index contributed by atoms with van der Waals surface area (Å²) in [5.41, 5.74) is 0.526. The third-order valence-electron chi connectivity index (χ3n) is 4.84. The minimum atomic E-state index is -1.18. The summed E-state index contributed by atoms with van der Waals surface area (Å²) in [5.74, 6) is -1.32. The van der Waals surface area contributed by atoms with Crippen molar-refractivity contribution in [3.8, 4) is 0 Å². The van der Waals surface area contributed by atoms with Crippen molar-refractivity contribution in [2.24, 2.45) is 5.92 Å². The van der Waals surface area contributed by atoms with Crippen molar-refractivity contribution < 1.29 is 34.3 Å². The Kier molecular flexibility index (Phi) is 7.64. The van der Waals surface area contributed by atoms with Gasteiger partial charge in [0.25, 0.3) is 5.69 Å². The molecule has 0 aliphatic carbocycles. The number of carboxylic acid groups (broad SMARTS) is 1. The first kappa shape index (κ1) is 23.9. The van der Waals surface area contributed by atoms with Crippen LogP contribution in [0.4, 0.5) is 10.5 Å². The number of nitrogens with zero attached hydrogens (tertiary/aromatic N) is 2. The second kappa shape index (κ2) is 10.2.